The zero-order valence-electron chi connectivity index (χ0n) is 6.91. The first kappa shape index (κ1) is 9.47. The summed E-state index contributed by atoms with van der Waals surface area (Å²) < 4.78 is 0. The molecule has 0 atom stereocenters. The number of aromatic nitrogens is 2. The SMILES string of the molecule is O=c1[nH]cc(CC=CCO)c(=O)[nH]1. The maximum atomic E-state index is 11.1. The Kier molecular flexibility index (Phi) is 3.22. The van der Waals surface area contributed by atoms with Crippen LogP contribution in [0.4, 0.5) is 0 Å². The molecule has 1 aromatic rings. The van der Waals surface area contributed by atoms with Gasteiger partial charge >= 0.3 is 5.69 Å². The van der Waals surface area contributed by atoms with E-state index in [9.17, 15) is 9.59 Å². The minimum Gasteiger partial charge on any atom is -0.392 e. The van der Waals surface area contributed by atoms with Gasteiger partial charge in [-0.1, -0.05) is 12.2 Å². The van der Waals surface area contributed by atoms with Gasteiger partial charge in [0.2, 0.25) is 0 Å². The smallest absolute Gasteiger partial charge is 0.325 e. The summed E-state index contributed by atoms with van der Waals surface area (Å²) in [4.78, 5) is 26.1. The number of rotatable bonds is 3. The molecule has 1 aromatic heterocycles. The van der Waals surface area contributed by atoms with Crippen LogP contribution >= 0.6 is 0 Å². The Labute approximate surface area is 73.8 Å². The third-order valence-electron chi connectivity index (χ3n) is 1.51. The van der Waals surface area contributed by atoms with E-state index < -0.39 is 11.2 Å². The minimum absolute atomic E-state index is 0.0543. The Morgan fingerprint density at radius 3 is 2.77 bits per heavy atom. The van der Waals surface area contributed by atoms with E-state index in [1.807, 2.05) is 0 Å². The van der Waals surface area contributed by atoms with Crippen molar-refractivity contribution in [3.8, 4) is 0 Å². The van der Waals surface area contributed by atoms with E-state index in [0.29, 0.717) is 12.0 Å². The van der Waals surface area contributed by atoms with E-state index in [1.165, 1.54) is 12.3 Å². The molecule has 0 saturated heterocycles. The number of aliphatic hydroxyl groups is 1. The zero-order chi connectivity index (χ0) is 9.68. The number of nitrogens with one attached hydrogen (secondary N) is 2. The summed E-state index contributed by atoms with van der Waals surface area (Å²) >= 11 is 0. The number of aliphatic hydroxyl groups excluding tert-OH is 1. The highest BCUT2D eigenvalue weighted by molar-refractivity contribution is 5.08. The summed E-state index contributed by atoms with van der Waals surface area (Å²) in [5.74, 6) is 0. The molecule has 70 valence electrons. The lowest BCUT2D eigenvalue weighted by Crippen LogP contribution is -2.24. The third-order valence-corrected chi connectivity index (χ3v) is 1.51. The molecule has 3 N–H and O–H groups in total. The first-order valence-corrected chi connectivity index (χ1v) is 3.81. The second kappa shape index (κ2) is 4.42. The van der Waals surface area contributed by atoms with Crippen LogP contribution in [-0.2, 0) is 6.42 Å². The molecule has 0 bridgehead atoms. The lowest BCUT2D eigenvalue weighted by molar-refractivity contribution is 0.342. The molecule has 0 spiro atoms. The van der Waals surface area contributed by atoms with Gasteiger partial charge in [0.15, 0.2) is 0 Å². The van der Waals surface area contributed by atoms with E-state index in [4.69, 9.17) is 5.11 Å². The largest absolute Gasteiger partial charge is 0.392 e. The summed E-state index contributed by atoms with van der Waals surface area (Å²) in [7, 11) is 0. The van der Waals surface area contributed by atoms with E-state index in [-0.39, 0.29) is 6.61 Å². The van der Waals surface area contributed by atoms with Crippen molar-refractivity contribution in [1.82, 2.24) is 9.97 Å². The Morgan fingerprint density at radius 1 is 1.38 bits per heavy atom. The van der Waals surface area contributed by atoms with Gasteiger partial charge in [-0.15, -0.1) is 0 Å². The second-order valence-electron chi connectivity index (χ2n) is 2.46. The van der Waals surface area contributed by atoms with Gasteiger partial charge < -0.3 is 10.1 Å². The number of H-pyrrole nitrogens is 2. The quantitative estimate of drug-likeness (QED) is 0.532. The normalized spacial score (nSPS) is 10.8. The maximum absolute atomic E-state index is 11.1. The van der Waals surface area contributed by atoms with Crippen LogP contribution in [0.3, 0.4) is 0 Å². The molecule has 0 fully saturated rings. The molecule has 5 nitrogen and oxygen atoms in total. The van der Waals surface area contributed by atoms with Crippen molar-refractivity contribution < 1.29 is 5.11 Å². The molecule has 0 aromatic carbocycles. The molecule has 13 heavy (non-hydrogen) atoms. The molecule has 0 aliphatic heterocycles. The molecule has 0 aliphatic carbocycles. The zero-order valence-corrected chi connectivity index (χ0v) is 6.91. The number of hydrogen-bond donors (Lipinski definition) is 3. The van der Waals surface area contributed by atoms with Gasteiger partial charge in [0.1, 0.15) is 0 Å². The van der Waals surface area contributed by atoms with E-state index >= 15 is 0 Å². The van der Waals surface area contributed by atoms with Crippen molar-refractivity contribution in [2.24, 2.45) is 0 Å². The topological polar surface area (TPSA) is 85.9 Å². The van der Waals surface area contributed by atoms with Gasteiger partial charge in [0, 0.05) is 11.8 Å². The predicted octanol–water partition coefficient (Wildman–Crippen LogP) is -0.846. The number of allylic oxidation sites excluding steroid dienone is 1. The van der Waals surface area contributed by atoms with Crippen LogP contribution in [0.2, 0.25) is 0 Å². The Morgan fingerprint density at radius 2 is 2.15 bits per heavy atom. The van der Waals surface area contributed by atoms with Gasteiger partial charge in [-0.05, 0) is 6.42 Å². The van der Waals surface area contributed by atoms with E-state index in [2.05, 4.69) is 9.97 Å². The van der Waals surface area contributed by atoms with Crippen molar-refractivity contribution in [3.05, 3.63) is 44.8 Å². The average Bonchev–Trinajstić information content (AvgIpc) is 2.09. The van der Waals surface area contributed by atoms with Crippen LogP contribution in [0.5, 0.6) is 0 Å². The Hall–Kier alpha value is -1.62. The first-order chi connectivity index (χ1) is 6.24. The van der Waals surface area contributed by atoms with Crippen LogP contribution in [0.25, 0.3) is 0 Å². The summed E-state index contributed by atoms with van der Waals surface area (Å²) in [6, 6.07) is 0. The van der Waals surface area contributed by atoms with E-state index in [0.717, 1.165) is 0 Å². The standard InChI is InChI=1S/C8H10N2O3/c11-4-2-1-3-6-5-9-8(13)10-7(6)12/h1-2,5,11H,3-4H2,(H2,9,10,12,13). The molecule has 0 radical (unpaired) electrons. The van der Waals surface area contributed by atoms with Gasteiger partial charge in [-0.2, -0.15) is 0 Å². The van der Waals surface area contributed by atoms with Crippen molar-refractivity contribution in [1.29, 1.82) is 0 Å². The fraction of sp³-hybridized carbons (Fsp3) is 0.250. The van der Waals surface area contributed by atoms with Crippen LogP contribution < -0.4 is 11.2 Å². The summed E-state index contributed by atoms with van der Waals surface area (Å²) in [6.07, 6.45) is 4.95. The van der Waals surface area contributed by atoms with Gasteiger partial charge in [0.05, 0.1) is 6.61 Å². The maximum Gasteiger partial charge on any atom is 0.325 e. The third kappa shape index (κ3) is 2.72. The molecular formula is C8H10N2O3. The van der Waals surface area contributed by atoms with E-state index in [1.54, 1.807) is 6.08 Å². The molecule has 1 rings (SSSR count). The van der Waals surface area contributed by atoms with Crippen molar-refractivity contribution in [2.75, 3.05) is 6.61 Å². The predicted molar refractivity (Wildman–Crippen MR) is 47.6 cm³/mol. The summed E-state index contributed by atoms with van der Waals surface area (Å²) in [5.41, 5.74) is -0.449. The van der Waals surface area contributed by atoms with Crippen molar-refractivity contribution >= 4 is 0 Å². The molecule has 5 heteroatoms. The minimum atomic E-state index is -0.514. The van der Waals surface area contributed by atoms with Crippen LogP contribution in [0.1, 0.15) is 5.56 Å². The van der Waals surface area contributed by atoms with Gasteiger partial charge in [-0.25, -0.2) is 4.79 Å². The Bertz CT molecular complexity index is 402. The summed E-state index contributed by atoms with van der Waals surface area (Å²) in [6.45, 7) is -0.0543. The molecule has 0 unspecified atom stereocenters. The van der Waals surface area contributed by atoms with Gasteiger partial charge in [0.25, 0.3) is 5.56 Å². The molecular weight excluding hydrogens is 172 g/mol. The molecule has 0 saturated carbocycles. The highest BCUT2D eigenvalue weighted by atomic mass is 16.2. The van der Waals surface area contributed by atoms with Gasteiger partial charge in [-0.3, -0.25) is 9.78 Å². The lowest BCUT2D eigenvalue weighted by Gasteiger charge is -1.92. The monoisotopic (exact) mass is 182 g/mol. The van der Waals surface area contributed by atoms with Crippen LogP contribution in [0.15, 0.2) is 27.9 Å². The van der Waals surface area contributed by atoms with Crippen molar-refractivity contribution in [2.45, 2.75) is 6.42 Å². The molecule has 0 amide bonds. The van der Waals surface area contributed by atoms with Crippen molar-refractivity contribution in [3.63, 3.8) is 0 Å². The number of aromatic amines is 2. The highest BCUT2D eigenvalue weighted by Crippen LogP contribution is 1.88. The van der Waals surface area contributed by atoms with Crippen LogP contribution in [0, 0.1) is 0 Å². The average molecular weight is 182 g/mol. The number of hydrogen-bond acceptors (Lipinski definition) is 3. The molecule has 0 aliphatic rings. The second-order valence-corrected chi connectivity index (χ2v) is 2.46. The first-order valence-electron chi connectivity index (χ1n) is 3.81. The fourth-order valence-corrected chi connectivity index (χ4v) is 0.874. The fourth-order valence-electron chi connectivity index (χ4n) is 0.874. The molecule has 1 heterocycles. The lowest BCUT2D eigenvalue weighted by atomic mass is 10.2. The van der Waals surface area contributed by atoms with Crippen LogP contribution in [-0.4, -0.2) is 21.7 Å². The highest BCUT2D eigenvalue weighted by Gasteiger charge is 1.95. The summed E-state index contributed by atoms with van der Waals surface area (Å²) in [5, 5.41) is 8.43. The Balaban J connectivity index is 2.84.